The van der Waals surface area contributed by atoms with Crippen molar-refractivity contribution in [2.75, 3.05) is 52.9 Å². The van der Waals surface area contributed by atoms with Crippen LogP contribution in [0.1, 0.15) is 92.1 Å². The third-order valence-corrected chi connectivity index (χ3v) is 9.62. The second kappa shape index (κ2) is 16.5. The van der Waals surface area contributed by atoms with E-state index in [0.717, 1.165) is 83.5 Å². The van der Waals surface area contributed by atoms with Gasteiger partial charge in [0.05, 0.1) is 13.5 Å². The summed E-state index contributed by atoms with van der Waals surface area (Å²) in [7, 11) is 1.70. The van der Waals surface area contributed by atoms with Crippen LogP contribution in [-0.4, -0.2) is 109 Å². The average Bonchev–Trinajstić information content (AvgIpc) is 2.99. The summed E-state index contributed by atoms with van der Waals surface area (Å²) in [5.74, 6) is 1.55. The topological polar surface area (TPSA) is 101 Å². The van der Waals surface area contributed by atoms with Gasteiger partial charge in [-0.15, -0.1) is 0 Å². The van der Waals surface area contributed by atoms with E-state index in [-0.39, 0.29) is 24.4 Å². The van der Waals surface area contributed by atoms with Crippen LogP contribution in [-0.2, 0) is 25.5 Å². The lowest BCUT2D eigenvalue weighted by molar-refractivity contribution is -0.154. The van der Waals surface area contributed by atoms with Crippen molar-refractivity contribution < 1.29 is 28.6 Å². The molecule has 3 heterocycles. The number of rotatable bonds is 11. The number of carbonyl (C=O) groups excluding carboxylic acids is 3. The van der Waals surface area contributed by atoms with Crippen LogP contribution in [0.2, 0.25) is 0 Å². The van der Waals surface area contributed by atoms with Gasteiger partial charge in [0, 0.05) is 51.2 Å². The zero-order chi connectivity index (χ0) is 34.2. The molecule has 0 saturated carbocycles. The molecule has 10 nitrogen and oxygen atoms in total. The molecule has 1 unspecified atom stereocenters. The maximum absolute atomic E-state index is 12.8. The maximum Gasteiger partial charge on any atom is 0.410 e. The molecule has 0 aromatic heterocycles. The van der Waals surface area contributed by atoms with Crippen molar-refractivity contribution in [1.29, 1.82) is 0 Å². The van der Waals surface area contributed by atoms with Crippen molar-refractivity contribution in [3.63, 3.8) is 0 Å². The number of likely N-dealkylation sites (tertiary alicyclic amines) is 1. The van der Waals surface area contributed by atoms with Crippen molar-refractivity contribution in [2.24, 2.45) is 11.8 Å². The summed E-state index contributed by atoms with van der Waals surface area (Å²) >= 11 is 0. The maximum atomic E-state index is 12.8. The van der Waals surface area contributed by atoms with E-state index in [4.69, 9.17) is 14.2 Å². The Hall–Kier alpha value is -2.85. The van der Waals surface area contributed by atoms with Gasteiger partial charge in [-0.2, -0.15) is 0 Å². The van der Waals surface area contributed by atoms with Gasteiger partial charge in [0.1, 0.15) is 17.0 Å². The normalized spacial score (nSPS) is 23.1. The van der Waals surface area contributed by atoms with Gasteiger partial charge in [0.25, 0.3) is 0 Å². The molecule has 47 heavy (non-hydrogen) atoms. The number of carbonyl (C=O) groups is 3. The second-order valence-corrected chi connectivity index (χ2v) is 15.8. The molecule has 2 amide bonds. The molecule has 264 valence electrons. The first-order valence-electron chi connectivity index (χ1n) is 17.7. The highest BCUT2D eigenvalue weighted by atomic mass is 16.6. The molecule has 3 atom stereocenters. The first kappa shape index (κ1) is 37.0. The number of hydrogen-bond acceptors (Lipinski definition) is 8. The summed E-state index contributed by atoms with van der Waals surface area (Å²) in [5, 5.41) is 2.94. The lowest BCUT2D eigenvalue weighted by Gasteiger charge is -2.50. The van der Waals surface area contributed by atoms with E-state index in [9.17, 15) is 14.4 Å². The van der Waals surface area contributed by atoms with Gasteiger partial charge in [-0.1, -0.05) is 12.1 Å². The van der Waals surface area contributed by atoms with Crippen LogP contribution in [0.5, 0.6) is 5.75 Å². The largest absolute Gasteiger partial charge is 0.497 e. The fourth-order valence-corrected chi connectivity index (χ4v) is 7.22. The number of esters is 1. The number of benzene rings is 1. The van der Waals surface area contributed by atoms with Crippen LogP contribution in [0.3, 0.4) is 0 Å². The number of ether oxygens (including phenoxy) is 3. The van der Waals surface area contributed by atoms with E-state index in [2.05, 4.69) is 27.2 Å². The van der Waals surface area contributed by atoms with Crippen molar-refractivity contribution in [3.8, 4) is 5.75 Å². The van der Waals surface area contributed by atoms with Crippen LogP contribution in [0.25, 0.3) is 0 Å². The second-order valence-electron chi connectivity index (χ2n) is 15.8. The van der Waals surface area contributed by atoms with Crippen molar-refractivity contribution in [3.05, 3.63) is 29.8 Å². The first-order chi connectivity index (χ1) is 22.2. The molecule has 1 aromatic carbocycles. The minimum atomic E-state index is -0.518. The minimum Gasteiger partial charge on any atom is -0.497 e. The fourth-order valence-electron chi connectivity index (χ4n) is 7.22. The summed E-state index contributed by atoms with van der Waals surface area (Å²) < 4.78 is 16.3. The Labute approximate surface area is 282 Å². The third-order valence-electron chi connectivity index (χ3n) is 9.62. The molecule has 10 heteroatoms. The molecule has 3 fully saturated rings. The highest BCUT2D eigenvalue weighted by molar-refractivity contribution is 5.77. The van der Waals surface area contributed by atoms with Crippen LogP contribution in [0.4, 0.5) is 4.79 Å². The average molecular weight is 657 g/mol. The summed E-state index contributed by atoms with van der Waals surface area (Å²) in [6.07, 6.45) is 6.66. The van der Waals surface area contributed by atoms with Gasteiger partial charge >= 0.3 is 12.1 Å². The van der Waals surface area contributed by atoms with E-state index in [1.807, 2.05) is 58.6 Å². The standard InChI is InChI=1S/C37H60N4O6/c1-36(2,3)46-34(43)12-17-38-33(42)24-29-16-21-41-25-30(22-28-8-10-32(45-7)11-9-28)40(26-31(41)23-29)20-15-27-13-18-39(19-14-27)35(44)47-37(4,5)6/h8-11,27,29-31H,12-26H2,1-7H3,(H,38,42)/t29?,30-,31+/m0/s1. The number of methoxy groups -OCH3 is 1. The van der Waals surface area contributed by atoms with Gasteiger partial charge in [0.15, 0.2) is 0 Å². The SMILES string of the molecule is COc1ccc(C[C@H]2CN3CCC(CC(=O)NCCC(=O)OC(C)(C)C)C[C@@H]3CN2CCC2CCN(C(=O)OC(C)(C)C)CC2)cc1. The molecule has 0 radical (unpaired) electrons. The molecular formula is C37H60N4O6. The number of piperazine rings is 1. The Kier molecular flexibility index (Phi) is 13.0. The Bertz CT molecular complexity index is 1170. The molecule has 3 aliphatic rings. The Morgan fingerprint density at radius 3 is 2.17 bits per heavy atom. The quantitative estimate of drug-likeness (QED) is 0.322. The predicted octanol–water partition coefficient (Wildman–Crippen LogP) is 5.28. The van der Waals surface area contributed by atoms with Crippen LogP contribution < -0.4 is 10.1 Å². The van der Waals surface area contributed by atoms with Crippen LogP contribution in [0.15, 0.2) is 24.3 Å². The summed E-state index contributed by atoms with van der Waals surface area (Å²) in [5.41, 5.74) is 0.331. The fraction of sp³-hybridized carbons (Fsp3) is 0.757. The van der Waals surface area contributed by atoms with E-state index < -0.39 is 11.2 Å². The predicted molar refractivity (Wildman–Crippen MR) is 183 cm³/mol. The highest BCUT2D eigenvalue weighted by Gasteiger charge is 2.38. The zero-order valence-corrected chi connectivity index (χ0v) is 30.0. The van der Waals surface area contributed by atoms with Crippen molar-refractivity contribution >= 4 is 18.0 Å². The van der Waals surface area contributed by atoms with Gasteiger partial charge in [-0.05, 0) is 123 Å². The molecule has 1 N–H and O–H groups in total. The lowest BCUT2D eigenvalue weighted by Crippen LogP contribution is -2.61. The minimum absolute atomic E-state index is 0.0229. The van der Waals surface area contributed by atoms with Crippen LogP contribution in [0, 0.1) is 11.8 Å². The third kappa shape index (κ3) is 12.3. The van der Waals surface area contributed by atoms with E-state index >= 15 is 0 Å². The lowest BCUT2D eigenvalue weighted by atomic mass is 9.85. The van der Waals surface area contributed by atoms with E-state index in [1.54, 1.807) is 7.11 Å². The molecule has 0 bridgehead atoms. The molecule has 3 aliphatic heterocycles. The monoisotopic (exact) mass is 656 g/mol. The van der Waals surface area contributed by atoms with Crippen molar-refractivity contribution in [2.45, 2.75) is 116 Å². The van der Waals surface area contributed by atoms with E-state index in [0.29, 0.717) is 36.9 Å². The summed E-state index contributed by atoms with van der Waals surface area (Å²) in [4.78, 5) is 44.6. The highest BCUT2D eigenvalue weighted by Crippen LogP contribution is 2.32. The first-order valence-corrected chi connectivity index (χ1v) is 17.7. The number of nitrogens with one attached hydrogen (secondary N) is 1. The van der Waals surface area contributed by atoms with Gasteiger partial charge in [-0.25, -0.2) is 4.79 Å². The van der Waals surface area contributed by atoms with Gasteiger partial charge < -0.3 is 24.4 Å². The molecule has 1 aromatic rings. The summed E-state index contributed by atoms with van der Waals surface area (Å²) in [6.45, 7) is 17.2. The molecule has 0 spiro atoms. The zero-order valence-electron chi connectivity index (χ0n) is 30.0. The van der Waals surface area contributed by atoms with Gasteiger partial charge in [-0.3, -0.25) is 19.4 Å². The molecule has 3 saturated heterocycles. The number of piperidine rings is 2. The molecular weight excluding hydrogens is 596 g/mol. The number of nitrogens with zero attached hydrogens (tertiary/aromatic N) is 3. The molecule has 0 aliphatic carbocycles. The smallest absolute Gasteiger partial charge is 0.410 e. The van der Waals surface area contributed by atoms with Crippen LogP contribution >= 0.6 is 0 Å². The number of fused-ring (bicyclic) bond motifs is 1. The number of hydrogen-bond donors (Lipinski definition) is 1. The van der Waals surface area contributed by atoms with Crippen molar-refractivity contribution in [1.82, 2.24) is 20.0 Å². The Balaban J connectivity index is 1.30. The Morgan fingerprint density at radius 1 is 0.872 bits per heavy atom. The Morgan fingerprint density at radius 2 is 1.53 bits per heavy atom. The van der Waals surface area contributed by atoms with Gasteiger partial charge in [0.2, 0.25) is 5.91 Å². The molecule has 4 rings (SSSR count). The van der Waals surface area contributed by atoms with E-state index in [1.165, 1.54) is 5.56 Å². The number of amides is 2. The summed E-state index contributed by atoms with van der Waals surface area (Å²) in [6, 6.07) is 9.33.